The molecule has 0 unspecified atom stereocenters. The maximum atomic E-state index is 10.5. The summed E-state index contributed by atoms with van der Waals surface area (Å²) in [5, 5.41) is 26.4. The summed E-state index contributed by atoms with van der Waals surface area (Å²) in [6, 6.07) is 54.3. The molecule has 5 nitrogen and oxygen atoms in total. The molecular formula is C44H24N4O. The molecule has 10 rings (SSSR count). The standard InChI is InChI=1S/C44H24N4O/c45-25-27-16-23-41-36(24-27)34-21-22-40-42(44(34)49-41)35-11-3-6-15-39(35)48(40)43-29(26-46)8-7-12-31(43)28-17-19-30(20-18-28)47-37-13-4-1-9-32(37)33-10-2-5-14-38(33)47/h1-24H. The summed E-state index contributed by atoms with van der Waals surface area (Å²) in [6.45, 7) is 0. The highest BCUT2D eigenvalue weighted by molar-refractivity contribution is 6.24. The highest BCUT2D eigenvalue weighted by Crippen LogP contribution is 2.43. The van der Waals surface area contributed by atoms with E-state index in [4.69, 9.17) is 4.42 Å². The Morgan fingerprint density at radius 1 is 0.490 bits per heavy atom. The van der Waals surface area contributed by atoms with Crippen LogP contribution in [-0.2, 0) is 0 Å². The van der Waals surface area contributed by atoms with E-state index in [1.54, 1.807) is 6.07 Å². The molecule has 0 fully saturated rings. The topological polar surface area (TPSA) is 70.6 Å². The van der Waals surface area contributed by atoms with E-state index in [2.05, 4.69) is 124 Å². The van der Waals surface area contributed by atoms with Gasteiger partial charge < -0.3 is 13.6 Å². The predicted molar refractivity (Wildman–Crippen MR) is 197 cm³/mol. The summed E-state index contributed by atoms with van der Waals surface area (Å²) in [5.74, 6) is 0. The molecule has 10 aromatic rings. The molecule has 0 bridgehead atoms. The second kappa shape index (κ2) is 10.2. The van der Waals surface area contributed by atoms with E-state index in [0.717, 1.165) is 77.3 Å². The van der Waals surface area contributed by atoms with Crippen molar-refractivity contribution in [2.75, 3.05) is 0 Å². The molecule has 0 aliphatic rings. The van der Waals surface area contributed by atoms with Crippen molar-refractivity contribution in [1.82, 2.24) is 9.13 Å². The lowest BCUT2D eigenvalue weighted by molar-refractivity contribution is 0.673. The highest BCUT2D eigenvalue weighted by Gasteiger charge is 2.22. The van der Waals surface area contributed by atoms with E-state index in [1.807, 2.05) is 36.4 Å². The molecule has 7 aromatic carbocycles. The van der Waals surface area contributed by atoms with Crippen molar-refractivity contribution in [2.45, 2.75) is 0 Å². The van der Waals surface area contributed by atoms with Crippen LogP contribution in [0.1, 0.15) is 11.1 Å². The smallest absolute Gasteiger partial charge is 0.145 e. The first kappa shape index (κ1) is 27.1. The molecule has 0 N–H and O–H groups in total. The normalized spacial score (nSPS) is 11.6. The van der Waals surface area contributed by atoms with Crippen LogP contribution in [0.4, 0.5) is 0 Å². The number of hydrogen-bond donors (Lipinski definition) is 0. The van der Waals surface area contributed by atoms with E-state index in [-0.39, 0.29) is 0 Å². The fourth-order valence-corrected chi connectivity index (χ4v) is 7.70. The minimum atomic E-state index is 0.579. The molecule has 3 heterocycles. The Morgan fingerprint density at radius 3 is 1.86 bits per heavy atom. The summed E-state index contributed by atoms with van der Waals surface area (Å²) in [4.78, 5) is 0. The molecular weight excluding hydrogens is 601 g/mol. The van der Waals surface area contributed by atoms with Gasteiger partial charge in [-0.05, 0) is 72.3 Å². The van der Waals surface area contributed by atoms with Crippen molar-refractivity contribution in [3.05, 3.63) is 157 Å². The van der Waals surface area contributed by atoms with Gasteiger partial charge in [0, 0.05) is 38.2 Å². The SMILES string of the molecule is N#Cc1ccc2oc3c(ccc4c3c3ccccc3n4-c3c(C#N)cccc3-c3ccc(-n4c5ccccc5c5ccccc54)cc3)c2c1. The van der Waals surface area contributed by atoms with Gasteiger partial charge in [-0.15, -0.1) is 0 Å². The van der Waals surface area contributed by atoms with Crippen LogP contribution in [0.2, 0.25) is 0 Å². The molecule has 0 saturated carbocycles. The van der Waals surface area contributed by atoms with E-state index < -0.39 is 0 Å². The average Bonchev–Trinajstić information content (AvgIpc) is 3.82. The van der Waals surface area contributed by atoms with Crippen molar-refractivity contribution >= 4 is 65.6 Å². The summed E-state index contributed by atoms with van der Waals surface area (Å²) in [6.07, 6.45) is 0. The Balaban J connectivity index is 1.22. The van der Waals surface area contributed by atoms with Crippen molar-refractivity contribution in [2.24, 2.45) is 0 Å². The largest absolute Gasteiger partial charge is 0.455 e. The van der Waals surface area contributed by atoms with Crippen molar-refractivity contribution in [1.29, 1.82) is 10.5 Å². The summed E-state index contributed by atoms with van der Waals surface area (Å²) in [5.41, 5.74) is 10.8. The third-order valence-corrected chi connectivity index (χ3v) is 9.80. The van der Waals surface area contributed by atoms with E-state index in [1.165, 1.54) is 10.8 Å². The van der Waals surface area contributed by atoms with Crippen LogP contribution < -0.4 is 0 Å². The number of furan rings is 1. The zero-order chi connectivity index (χ0) is 32.6. The lowest BCUT2D eigenvalue weighted by Gasteiger charge is -2.16. The molecule has 0 saturated heterocycles. The van der Waals surface area contributed by atoms with Gasteiger partial charge in [0.05, 0.1) is 50.3 Å². The fraction of sp³-hybridized carbons (Fsp3) is 0. The van der Waals surface area contributed by atoms with E-state index >= 15 is 0 Å². The third-order valence-electron chi connectivity index (χ3n) is 9.80. The summed E-state index contributed by atoms with van der Waals surface area (Å²) in [7, 11) is 0. The van der Waals surface area contributed by atoms with Gasteiger partial charge in [-0.3, -0.25) is 0 Å². The lowest BCUT2D eigenvalue weighted by Crippen LogP contribution is -2.01. The number of fused-ring (bicyclic) bond motifs is 10. The molecule has 0 spiro atoms. The molecule has 226 valence electrons. The number of benzene rings is 7. The molecule has 3 aromatic heterocycles. The molecule has 0 aliphatic heterocycles. The van der Waals surface area contributed by atoms with Crippen LogP contribution in [0, 0.1) is 22.7 Å². The number of para-hydroxylation sites is 4. The first-order valence-corrected chi connectivity index (χ1v) is 16.1. The Kier molecular flexibility index (Phi) is 5.64. The molecule has 49 heavy (non-hydrogen) atoms. The van der Waals surface area contributed by atoms with E-state index in [9.17, 15) is 10.5 Å². The van der Waals surface area contributed by atoms with Crippen LogP contribution in [0.3, 0.4) is 0 Å². The quantitative estimate of drug-likeness (QED) is 0.196. The van der Waals surface area contributed by atoms with Gasteiger partial charge in [-0.25, -0.2) is 0 Å². The second-order valence-electron chi connectivity index (χ2n) is 12.3. The monoisotopic (exact) mass is 624 g/mol. The third kappa shape index (κ3) is 3.79. The van der Waals surface area contributed by atoms with Gasteiger partial charge in [0.25, 0.3) is 0 Å². The predicted octanol–water partition coefficient (Wildman–Crippen LogP) is 11.2. The molecule has 0 amide bonds. The Labute approximate surface area is 280 Å². The van der Waals surface area contributed by atoms with Crippen molar-refractivity contribution < 1.29 is 4.42 Å². The molecule has 0 radical (unpaired) electrons. The first-order valence-electron chi connectivity index (χ1n) is 16.1. The zero-order valence-electron chi connectivity index (χ0n) is 26.1. The minimum absolute atomic E-state index is 0.579. The number of nitriles is 2. The number of nitrogens with zero attached hydrogens (tertiary/aromatic N) is 4. The van der Waals surface area contributed by atoms with Gasteiger partial charge in [-0.2, -0.15) is 10.5 Å². The minimum Gasteiger partial charge on any atom is -0.455 e. The first-order chi connectivity index (χ1) is 24.2. The maximum Gasteiger partial charge on any atom is 0.145 e. The van der Waals surface area contributed by atoms with E-state index in [0.29, 0.717) is 11.1 Å². The van der Waals surface area contributed by atoms with Gasteiger partial charge in [-0.1, -0.05) is 78.9 Å². The van der Waals surface area contributed by atoms with Crippen LogP contribution in [0.15, 0.2) is 150 Å². The molecule has 0 aliphatic carbocycles. The van der Waals surface area contributed by atoms with Crippen LogP contribution in [0.5, 0.6) is 0 Å². The summed E-state index contributed by atoms with van der Waals surface area (Å²) >= 11 is 0. The van der Waals surface area contributed by atoms with Gasteiger partial charge in [0.1, 0.15) is 17.2 Å². The van der Waals surface area contributed by atoms with Crippen molar-refractivity contribution in [3.63, 3.8) is 0 Å². The molecule has 5 heteroatoms. The summed E-state index contributed by atoms with van der Waals surface area (Å²) < 4.78 is 11.0. The zero-order valence-corrected chi connectivity index (χ0v) is 26.1. The Hall–Kier alpha value is -7.08. The second-order valence-corrected chi connectivity index (χ2v) is 12.3. The highest BCUT2D eigenvalue weighted by atomic mass is 16.3. The van der Waals surface area contributed by atoms with Crippen molar-refractivity contribution in [3.8, 4) is 34.6 Å². The van der Waals surface area contributed by atoms with Crippen LogP contribution >= 0.6 is 0 Å². The fourth-order valence-electron chi connectivity index (χ4n) is 7.70. The van der Waals surface area contributed by atoms with Crippen LogP contribution in [-0.4, -0.2) is 9.13 Å². The molecule has 0 atom stereocenters. The number of hydrogen-bond acceptors (Lipinski definition) is 3. The van der Waals surface area contributed by atoms with Gasteiger partial charge >= 0.3 is 0 Å². The van der Waals surface area contributed by atoms with Gasteiger partial charge in [0.2, 0.25) is 0 Å². The number of aromatic nitrogens is 2. The Morgan fingerprint density at radius 2 is 1.16 bits per heavy atom. The maximum absolute atomic E-state index is 10.5. The van der Waals surface area contributed by atoms with Gasteiger partial charge in [0.15, 0.2) is 0 Å². The van der Waals surface area contributed by atoms with Crippen LogP contribution in [0.25, 0.3) is 88.1 Å². The Bertz CT molecular complexity index is 3020. The average molecular weight is 625 g/mol. The number of rotatable bonds is 3. The lowest BCUT2D eigenvalue weighted by atomic mass is 9.99.